The number of ether oxygens (including phenoxy) is 1. The highest BCUT2D eigenvalue weighted by Crippen LogP contribution is 2.54. The van der Waals surface area contributed by atoms with Gasteiger partial charge in [0.15, 0.2) is 0 Å². The van der Waals surface area contributed by atoms with Crippen LogP contribution in [0.15, 0.2) is 83.3 Å². The molecule has 0 spiro atoms. The number of aromatic nitrogens is 1. The summed E-state index contributed by atoms with van der Waals surface area (Å²) in [6.07, 6.45) is 8.48. The molecule has 2 aliphatic carbocycles. The number of benzene rings is 4. The van der Waals surface area contributed by atoms with E-state index in [9.17, 15) is 5.26 Å². The lowest BCUT2D eigenvalue weighted by Crippen LogP contribution is -2.33. The Kier molecular flexibility index (Phi) is 5.17. The van der Waals surface area contributed by atoms with Gasteiger partial charge in [0.05, 0.1) is 28.1 Å². The third kappa shape index (κ3) is 3.44. The topological polar surface area (TPSA) is 77.1 Å². The molecule has 2 aromatic heterocycles. The van der Waals surface area contributed by atoms with E-state index in [1.807, 2.05) is 18.2 Å². The Labute approximate surface area is 249 Å². The molecule has 43 heavy (non-hydrogen) atoms. The molecule has 4 aromatic carbocycles. The average molecular weight is 562 g/mol. The number of nitriles is 1. The van der Waals surface area contributed by atoms with Crippen LogP contribution in [0.1, 0.15) is 66.0 Å². The van der Waals surface area contributed by atoms with Crippen LogP contribution in [0.25, 0.3) is 44.5 Å². The summed E-state index contributed by atoms with van der Waals surface area (Å²) in [4.78, 5) is 0. The summed E-state index contributed by atoms with van der Waals surface area (Å²) in [5, 5.41) is 13.5. The van der Waals surface area contributed by atoms with Crippen LogP contribution in [0.4, 0.5) is 5.69 Å². The normalized spacial score (nSPS) is 22.3. The summed E-state index contributed by atoms with van der Waals surface area (Å²) in [5.41, 5.74) is 15.8. The minimum Gasteiger partial charge on any atom is -0.489 e. The summed E-state index contributed by atoms with van der Waals surface area (Å²) < 4.78 is 15.4. The van der Waals surface area contributed by atoms with E-state index in [1.54, 1.807) is 0 Å². The van der Waals surface area contributed by atoms with Gasteiger partial charge in [-0.1, -0.05) is 31.2 Å². The van der Waals surface area contributed by atoms with Crippen LogP contribution in [-0.2, 0) is 6.42 Å². The molecule has 2 N–H and O–H groups in total. The quantitative estimate of drug-likeness (QED) is 0.214. The summed E-state index contributed by atoms with van der Waals surface area (Å²) in [7, 11) is 0. The average Bonchev–Trinajstić information content (AvgIpc) is 3.70. The number of allylic oxidation sites excluding steroid dienone is 1. The first-order valence-electron chi connectivity index (χ1n) is 15.4. The summed E-state index contributed by atoms with van der Waals surface area (Å²) in [5.74, 6) is 2.76. The number of anilines is 1. The van der Waals surface area contributed by atoms with E-state index in [0.29, 0.717) is 11.5 Å². The SMILES string of the molecule is CC1C(c2cc(C#N)ccc2-n2c3ccccc3c3c4oc5c(c4ccc32)CCC=C5)CCC2Oc3ccc(N)cc3C21. The molecule has 3 aliphatic rings. The minimum atomic E-state index is 0.159. The molecular formula is C38H31N3O2. The Morgan fingerprint density at radius 3 is 2.74 bits per heavy atom. The third-order valence-electron chi connectivity index (χ3n) is 10.3. The number of nitrogens with two attached hydrogens (primary N) is 1. The molecule has 4 atom stereocenters. The van der Waals surface area contributed by atoms with Crippen molar-refractivity contribution in [3.63, 3.8) is 0 Å². The molecule has 9 rings (SSSR count). The van der Waals surface area contributed by atoms with Gasteiger partial charge in [-0.25, -0.2) is 0 Å². The van der Waals surface area contributed by atoms with E-state index in [4.69, 9.17) is 14.9 Å². The van der Waals surface area contributed by atoms with Crippen LogP contribution in [0, 0.1) is 17.2 Å². The molecule has 3 heterocycles. The maximum absolute atomic E-state index is 9.99. The molecule has 5 nitrogen and oxygen atoms in total. The first-order chi connectivity index (χ1) is 21.1. The molecule has 1 fully saturated rings. The fourth-order valence-electron chi connectivity index (χ4n) is 8.40. The molecule has 1 saturated carbocycles. The Balaban J connectivity index is 1.27. The number of fused-ring (bicyclic) bond motifs is 10. The highest BCUT2D eigenvalue weighted by Gasteiger charge is 2.45. The lowest BCUT2D eigenvalue weighted by Gasteiger charge is -2.38. The Bertz CT molecular complexity index is 2190. The summed E-state index contributed by atoms with van der Waals surface area (Å²) >= 11 is 0. The van der Waals surface area contributed by atoms with Gasteiger partial charge in [-0.3, -0.25) is 0 Å². The molecule has 0 saturated heterocycles. The molecule has 5 heteroatoms. The highest BCUT2D eigenvalue weighted by molar-refractivity contribution is 6.20. The fourth-order valence-corrected chi connectivity index (χ4v) is 8.40. The van der Waals surface area contributed by atoms with Crippen molar-refractivity contribution in [1.82, 2.24) is 4.57 Å². The number of hydrogen-bond acceptors (Lipinski definition) is 4. The monoisotopic (exact) mass is 561 g/mol. The van der Waals surface area contributed by atoms with Crippen LogP contribution in [0.2, 0.25) is 0 Å². The predicted octanol–water partition coefficient (Wildman–Crippen LogP) is 9.00. The van der Waals surface area contributed by atoms with Crippen molar-refractivity contribution in [2.45, 2.75) is 50.5 Å². The Hall–Kier alpha value is -4.95. The van der Waals surface area contributed by atoms with Crippen molar-refractivity contribution in [3.05, 3.63) is 107 Å². The van der Waals surface area contributed by atoms with E-state index >= 15 is 0 Å². The van der Waals surface area contributed by atoms with Crippen LogP contribution in [0.5, 0.6) is 5.75 Å². The highest BCUT2D eigenvalue weighted by atomic mass is 16.5. The lowest BCUT2D eigenvalue weighted by atomic mass is 9.67. The van der Waals surface area contributed by atoms with Crippen LogP contribution in [-0.4, -0.2) is 10.7 Å². The molecule has 0 bridgehead atoms. The zero-order chi connectivity index (χ0) is 28.8. The van der Waals surface area contributed by atoms with Crippen LogP contribution in [0.3, 0.4) is 0 Å². The van der Waals surface area contributed by atoms with Crippen molar-refractivity contribution in [2.75, 3.05) is 5.73 Å². The maximum Gasteiger partial charge on any atom is 0.145 e. The molecule has 0 amide bonds. The first-order valence-corrected chi connectivity index (χ1v) is 15.4. The second-order valence-electron chi connectivity index (χ2n) is 12.5. The molecule has 0 radical (unpaired) electrons. The van der Waals surface area contributed by atoms with E-state index in [1.165, 1.54) is 27.5 Å². The van der Waals surface area contributed by atoms with Crippen molar-refractivity contribution in [3.8, 4) is 17.5 Å². The van der Waals surface area contributed by atoms with Gasteiger partial charge in [0.1, 0.15) is 23.2 Å². The zero-order valence-corrected chi connectivity index (χ0v) is 24.0. The van der Waals surface area contributed by atoms with Gasteiger partial charge in [-0.2, -0.15) is 5.26 Å². The molecule has 210 valence electrons. The number of aryl methyl sites for hydroxylation is 1. The van der Waals surface area contributed by atoms with Crippen molar-refractivity contribution in [1.29, 1.82) is 5.26 Å². The molecule has 4 unspecified atom stereocenters. The number of hydrogen-bond donors (Lipinski definition) is 1. The molecular weight excluding hydrogens is 530 g/mol. The minimum absolute atomic E-state index is 0.159. The van der Waals surface area contributed by atoms with Crippen LogP contribution < -0.4 is 10.5 Å². The van der Waals surface area contributed by atoms with Crippen molar-refractivity contribution < 1.29 is 9.15 Å². The number of nitrogen functional groups attached to an aromatic ring is 1. The second kappa shape index (κ2) is 9.02. The molecule has 1 aliphatic heterocycles. The number of furan rings is 1. The summed E-state index contributed by atoms with van der Waals surface area (Å²) in [6.45, 7) is 2.35. The van der Waals surface area contributed by atoms with Crippen molar-refractivity contribution in [2.24, 2.45) is 5.92 Å². The lowest BCUT2D eigenvalue weighted by molar-refractivity contribution is 0.119. The van der Waals surface area contributed by atoms with Gasteiger partial charge in [0.2, 0.25) is 0 Å². The predicted molar refractivity (Wildman–Crippen MR) is 172 cm³/mol. The Morgan fingerprint density at radius 1 is 0.930 bits per heavy atom. The summed E-state index contributed by atoms with van der Waals surface area (Å²) in [6, 6.07) is 27.8. The Morgan fingerprint density at radius 2 is 1.84 bits per heavy atom. The van der Waals surface area contributed by atoms with Gasteiger partial charge in [-0.05, 0) is 104 Å². The van der Waals surface area contributed by atoms with Gasteiger partial charge in [0, 0.05) is 39.2 Å². The largest absolute Gasteiger partial charge is 0.489 e. The second-order valence-corrected chi connectivity index (χ2v) is 12.5. The van der Waals surface area contributed by atoms with Crippen molar-refractivity contribution >= 4 is 44.5 Å². The zero-order valence-electron chi connectivity index (χ0n) is 24.0. The standard InChI is InChI=1S/C38H31N3O2/c1-21-24(13-17-35-36(21)29-19-23(40)11-16-34(29)42-35)28-18-22(20-39)10-14-31(28)41-30-8-4-2-7-27(30)37-32(41)15-12-26-25-6-3-5-9-33(25)43-38(26)37/h2,4-5,7-12,14-16,18-19,21,24,35-36H,3,6,13,17,40H2,1H3. The van der Waals surface area contributed by atoms with E-state index < -0.39 is 0 Å². The number of nitrogens with zero attached hydrogens (tertiary/aromatic N) is 2. The fraction of sp³-hybridized carbons (Fsp3) is 0.237. The van der Waals surface area contributed by atoms with E-state index in [0.717, 1.165) is 70.6 Å². The van der Waals surface area contributed by atoms with Gasteiger partial charge >= 0.3 is 0 Å². The molecule has 6 aromatic rings. The smallest absolute Gasteiger partial charge is 0.145 e. The third-order valence-corrected chi connectivity index (χ3v) is 10.3. The van der Waals surface area contributed by atoms with Crippen LogP contribution >= 0.6 is 0 Å². The maximum atomic E-state index is 9.99. The number of rotatable bonds is 2. The van der Waals surface area contributed by atoms with Gasteiger partial charge < -0.3 is 19.5 Å². The number of para-hydroxylation sites is 1. The van der Waals surface area contributed by atoms with Gasteiger partial charge in [-0.15, -0.1) is 0 Å². The van der Waals surface area contributed by atoms with E-state index in [2.05, 4.69) is 84.3 Å². The first kappa shape index (κ1) is 24.6. The van der Waals surface area contributed by atoms with Gasteiger partial charge in [0.25, 0.3) is 0 Å². The van der Waals surface area contributed by atoms with E-state index in [-0.39, 0.29) is 17.9 Å².